The van der Waals surface area contributed by atoms with Gasteiger partial charge in [-0.3, -0.25) is 23.8 Å². The zero-order valence-electron chi connectivity index (χ0n) is 16.7. The van der Waals surface area contributed by atoms with Crippen LogP contribution < -0.4 is 0 Å². The van der Waals surface area contributed by atoms with E-state index in [1.165, 1.54) is 0 Å². The number of rotatable bonds is 10. The van der Waals surface area contributed by atoms with Crippen molar-refractivity contribution in [3.63, 3.8) is 0 Å². The predicted octanol–water partition coefficient (Wildman–Crippen LogP) is 3.70. The Kier molecular flexibility index (Phi) is 8.28. The summed E-state index contributed by atoms with van der Waals surface area (Å²) >= 11 is 0. The zero-order valence-corrected chi connectivity index (χ0v) is 18.5. The summed E-state index contributed by atoms with van der Waals surface area (Å²) in [6.45, 7) is 13.2. The molecule has 9 nitrogen and oxygen atoms in total. The Bertz CT molecular complexity index is 580. The van der Waals surface area contributed by atoms with Crippen LogP contribution in [0, 0.1) is 33.8 Å². The van der Waals surface area contributed by atoms with E-state index >= 15 is 0 Å². The predicted molar refractivity (Wildman–Crippen MR) is 99.6 cm³/mol. The van der Waals surface area contributed by atoms with Crippen LogP contribution in [0.4, 0.5) is 0 Å². The minimum Gasteiger partial charge on any atom is -0.324 e. The third kappa shape index (κ3) is 4.75. The van der Waals surface area contributed by atoms with Gasteiger partial charge in [-0.15, -0.1) is 0 Å². The van der Waals surface area contributed by atoms with Crippen LogP contribution in [0.15, 0.2) is 0 Å². The van der Waals surface area contributed by atoms with Crippen molar-refractivity contribution < 1.29 is 33.3 Å². The van der Waals surface area contributed by atoms with Crippen LogP contribution in [0.25, 0.3) is 0 Å². The molecule has 0 rings (SSSR count). The molecule has 0 fully saturated rings. The highest BCUT2D eigenvalue weighted by molar-refractivity contribution is 7.70. The molecular formula is C15H33NO8P2. The zero-order chi connectivity index (χ0) is 21.3. The molecule has 11 heteroatoms. The summed E-state index contributed by atoms with van der Waals surface area (Å²) in [5.41, 5.74) is -3.47. The molecule has 0 amide bonds. The fraction of sp³-hybridized carbons (Fsp3) is 1.00. The first-order valence-corrected chi connectivity index (χ1v) is 12.2. The second-order valence-corrected chi connectivity index (χ2v) is 11.9. The van der Waals surface area contributed by atoms with Crippen molar-refractivity contribution in [2.24, 2.45) is 23.7 Å². The fourth-order valence-corrected chi connectivity index (χ4v) is 7.64. The first-order chi connectivity index (χ1) is 11.4. The summed E-state index contributed by atoms with van der Waals surface area (Å²) in [6.07, 6.45) is 0. The molecule has 0 heterocycles. The molecule has 0 aliphatic rings. The van der Waals surface area contributed by atoms with Crippen LogP contribution in [0.2, 0.25) is 0 Å². The van der Waals surface area contributed by atoms with E-state index in [1.54, 1.807) is 55.4 Å². The average Bonchev–Trinajstić information content (AvgIpc) is 2.32. The van der Waals surface area contributed by atoms with Crippen molar-refractivity contribution in [2.75, 3.05) is 5.90 Å². The van der Waals surface area contributed by atoms with Crippen LogP contribution in [0.3, 0.4) is 0 Å². The third-order valence-corrected chi connectivity index (χ3v) is 8.55. The lowest BCUT2D eigenvalue weighted by Crippen LogP contribution is -2.70. The Morgan fingerprint density at radius 1 is 0.885 bits per heavy atom. The maximum Gasteiger partial charge on any atom is 0.341 e. The standard InChI is InChI=1S/C15H33NO8P2/c1-10(2)14(11(3)4,16(17)18)15(12(5)6,13(7)8)24-26(22,23)9-25(19,20)21/h10-13H,9H2,1-8H3,(H,22,23)(H2,19,20,21). The molecule has 0 saturated heterocycles. The van der Waals surface area contributed by atoms with E-state index in [1.807, 2.05) is 0 Å². The lowest BCUT2D eigenvalue weighted by Gasteiger charge is -2.53. The first-order valence-electron chi connectivity index (χ1n) is 8.60. The fourth-order valence-electron chi connectivity index (χ4n) is 4.51. The molecule has 0 aromatic carbocycles. The van der Waals surface area contributed by atoms with E-state index in [9.17, 15) is 24.1 Å². The molecular weight excluding hydrogens is 384 g/mol. The Morgan fingerprint density at radius 2 is 1.23 bits per heavy atom. The Labute approximate surface area is 155 Å². The third-order valence-electron chi connectivity index (χ3n) is 5.06. The van der Waals surface area contributed by atoms with Gasteiger partial charge in [-0.2, -0.15) is 0 Å². The van der Waals surface area contributed by atoms with Crippen LogP contribution >= 0.6 is 15.2 Å². The van der Waals surface area contributed by atoms with Crippen molar-refractivity contribution in [1.82, 2.24) is 0 Å². The minimum atomic E-state index is -4.87. The summed E-state index contributed by atoms with van der Waals surface area (Å²) < 4.78 is 29.4. The number of hydrogen-bond acceptors (Lipinski definition) is 5. The number of hydrogen-bond donors (Lipinski definition) is 3. The molecule has 0 bridgehead atoms. The molecule has 0 aliphatic carbocycles. The molecule has 26 heavy (non-hydrogen) atoms. The molecule has 0 aliphatic heterocycles. The summed E-state index contributed by atoms with van der Waals surface area (Å²) in [5, 5.41) is 12.3. The van der Waals surface area contributed by atoms with Crippen molar-refractivity contribution in [1.29, 1.82) is 0 Å². The molecule has 0 aromatic rings. The van der Waals surface area contributed by atoms with Crippen LogP contribution in [0.5, 0.6) is 0 Å². The summed E-state index contributed by atoms with van der Waals surface area (Å²) in [4.78, 5) is 40.3. The molecule has 0 spiro atoms. The van der Waals surface area contributed by atoms with Crippen molar-refractivity contribution in [3.8, 4) is 0 Å². The molecule has 3 N–H and O–H groups in total. The quantitative estimate of drug-likeness (QED) is 0.277. The molecule has 0 saturated carbocycles. The van der Waals surface area contributed by atoms with Gasteiger partial charge in [0.25, 0.3) is 5.54 Å². The van der Waals surface area contributed by atoms with Crippen LogP contribution in [-0.4, -0.2) is 36.6 Å². The van der Waals surface area contributed by atoms with Gasteiger partial charge >= 0.3 is 15.2 Å². The van der Waals surface area contributed by atoms with Gasteiger partial charge < -0.3 is 14.7 Å². The summed E-state index contributed by atoms with van der Waals surface area (Å²) in [6, 6.07) is 0. The van der Waals surface area contributed by atoms with Gasteiger partial charge in [-0.05, 0) is 11.8 Å². The number of nitro groups is 1. The highest BCUT2D eigenvalue weighted by atomic mass is 31.2. The van der Waals surface area contributed by atoms with E-state index in [2.05, 4.69) is 0 Å². The normalized spacial score (nSPS) is 16.6. The lowest BCUT2D eigenvalue weighted by atomic mass is 9.58. The highest BCUT2D eigenvalue weighted by Crippen LogP contribution is 2.62. The smallest absolute Gasteiger partial charge is 0.324 e. The van der Waals surface area contributed by atoms with E-state index < -0.39 is 60.8 Å². The Balaban J connectivity index is 6.86. The molecule has 156 valence electrons. The van der Waals surface area contributed by atoms with E-state index in [0.29, 0.717) is 0 Å². The largest absolute Gasteiger partial charge is 0.341 e. The maximum absolute atomic E-state index is 12.6. The van der Waals surface area contributed by atoms with Crippen molar-refractivity contribution in [3.05, 3.63) is 10.1 Å². The second kappa shape index (κ2) is 8.38. The van der Waals surface area contributed by atoms with Gasteiger partial charge in [0.2, 0.25) is 0 Å². The first kappa shape index (κ1) is 25.7. The molecule has 0 radical (unpaired) electrons. The van der Waals surface area contributed by atoms with E-state index in [4.69, 9.17) is 14.3 Å². The number of nitrogens with zero attached hydrogens (tertiary/aromatic N) is 1. The van der Waals surface area contributed by atoms with Gasteiger partial charge in [-0.25, -0.2) is 0 Å². The molecule has 0 aromatic heterocycles. The lowest BCUT2D eigenvalue weighted by molar-refractivity contribution is -0.618. The highest BCUT2D eigenvalue weighted by Gasteiger charge is 2.70. The second-order valence-electron chi connectivity index (χ2n) is 8.03. The average molecular weight is 417 g/mol. The van der Waals surface area contributed by atoms with Crippen LogP contribution in [0.1, 0.15) is 55.4 Å². The minimum absolute atomic E-state index is 0.459. The topological polar surface area (TPSA) is 147 Å². The van der Waals surface area contributed by atoms with Crippen molar-refractivity contribution >= 4 is 15.2 Å². The van der Waals surface area contributed by atoms with Gasteiger partial charge in [0, 0.05) is 16.8 Å². The van der Waals surface area contributed by atoms with Crippen LogP contribution in [-0.2, 0) is 13.7 Å². The summed E-state index contributed by atoms with van der Waals surface area (Å²) in [5.74, 6) is -3.68. The Hall–Kier alpha value is -0.300. The van der Waals surface area contributed by atoms with Gasteiger partial charge in [-0.1, -0.05) is 55.4 Å². The SMILES string of the molecule is CC(C)C(OP(=O)(O)CP(=O)(O)O)(C(C)C)C(C(C)C)(C(C)C)[N+](=O)[O-]. The van der Waals surface area contributed by atoms with Gasteiger partial charge in [0.15, 0.2) is 11.5 Å². The molecule has 1 unspecified atom stereocenters. The van der Waals surface area contributed by atoms with Crippen molar-refractivity contribution in [2.45, 2.75) is 66.5 Å². The van der Waals surface area contributed by atoms with Gasteiger partial charge in [0.05, 0.1) is 0 Å². The monoisotopic (exact) mass is 417 g/mol. The van der Waals surface area contributed by atoms with E-state index in [0.717, 1.165) is 0 Å². The van der Waals surface area contributed by atoms with E-state index in [-0.39, 0.29) is 0 Å². The molecule has 1 atom stereocenters. The Morgan fingerprint density at radius 3 is 1.42 bits per heavy atom. The maximum atomic E-state index is 12.6. The van der Waals surface area contributed by atoms with Gasteiger partial charge in [0.1, 0.15) is 0 Å². The summed E-state index contributed by atoms with van der Waals surface area (Å²) in [7, 11) is -9.69.